The van der Waals surface area contributed by atoms with E-state index in [1.807, 2.05) is 20.8 Å². The number of esters is 1. The fourth-order valence-corrected chi connectivity index (χ4v) is 2.57. The first-order valence-corrected chi connectivity index (χ1v) is 8.15. The van der Waals surface area contributed by atoms with Crippen LogP contribution in [0.5, 0.6) is 0 Å². The lowest BCUT2D eigenvalue weighted by molar-refractivity contribution is -0.152. The Morgan fingerprint density at radius 3 is 2.65 bits per heavy atom. The predicted molar refractivity (Wildman–Crippen MR) is 88.9 cm³/mol. The third-order valence-electron chi connectivity index (χ3n) is 4.36. The van der Waals surface area contributed by atoms with Gasteiger partial charge in [0.25, 0.3) is 0 Å². The smallest absolute Gasteiger partial charge is 0.306 e. The van der Waals surface area contributed by atoms with Crippen molar-refractivity contribution in [1.82, 2.24) is 0 Å². The Kier molecular flexibility index (Phi) is 7.45. The minimum atomic E-state index is -1.12. The Morgan fingerprint density at radius 2 is 2.04 bits per heavy atom. The van der Waals surface area contributed by atoms with Crippen LogP contribution in [0.4, 0.5) is 0 Å². The van der Waals surface area contributed by atoms with Crippen LogP contribution in [0.3, 0.4) is 0 Å². The van der Waals surface area contributed by atoms with E-state index in [2.05, 4.69) is 0 Å². The summed E-state index contributed by atoms with van der Waals surface area (Å²) in [5.74, 6) is -0.308. The Hall–Kier alpha value is -1.17. The lowest BCUT2D eigenvalue weighted by Gasteiger charge is -2.25. The molecule has 1 rings (SSSR count). The van der Waals surface area contributed by atoms with E-state index in [1.165, 1.54) is 0 Å². The summed E-state index contributed by atoms with van der Waals surface area (Å²) in [5.41, 5.74) is -0.242. The Labute approximate surface area is 139 Å². The van der Waals surface area contributed by atoms with Gasteiger partial charge in [-0.25, -0.2) is 0 Å². The van der Waals surface area contributed by atoms with E-state index in [0.29, 0.717) is 6.42 Å². The molecule has 1 aliphatic heterocycles. The van der Waals surface area contributed by atoms with Crippen molar-refractivity contribution in [2.75, 3.05) is 7.11 Å². The summed E-state index contributed by atoms with van der Waals surface area (Å²) in [6.07, 6.45) is 4.83. The van der Waals surface area contributed by atoms with Crippen molar-refractivity contribution in [2.24, 2.45) is 5.92 Å². The van der Waals surface area contributed by atoms with Crippen molar-refractivity contribution in [1.29, 1.82) is 0 Å². The molecule has 0 saturated carbocycles. The Balaban J connectivity index is 3.04. The summed E-state index contributed by atoms with van der Waals surface area (Å²) < 4.78 is 10.8. The molecule has 0 radical (unpaired) electrons. The van der Waals surface area contributed by atoms with Crippen molar-refractivity contribution in [3.8, 4) is 0 Å². The maximum Gasteiger partial charge on any atom is 0.306 e. The summed E-state index contributed by atoms with van der Waals surface area (Å²) in [6, 6.07) is 0. The molecule has 1 aliphatic rings. The maximum atomic E-state index is 11.9. The highest BCUT2D eigenvalue weighted by molar-refractivity contribution is 5.69. The molecule has 0 saturated heterocycles. The zero-order chi connectivity index (χ0) is 17.6. The van der Waals surface area contributed by atoms with Crippen LogP contribution in [-0.4, -0.2) is 47.2 Å². The highest BCUT2D eigenvalue weighted by Crippen LogP contribution is 2.21. The lowest BCUT2D eigenvalue weighted by Crippen LogP contribution is -2.28. The molecular weight excluding hydrogens is 296 g/mol. The molecule has 0 aromatic rings. The van der Waals surface area contributed by atoms with Gasteiger partial charge in [-0.15, -0.1) is 0 Å². The van der Waals surface area contributed by atoms with Gasteiger partial charge in [0.2, 0.25) is 0 Å². The van der Waals surface area contributed by atoms with E-state index >= 15 is 0 Å². The standard InChI is InChI=1S/C18H30O5/c1-12-10-15(19)11-13(2)16(22-5)6-8-18(4,21)9-7-17(20)23-14(12)3/h6,8,11-12,14-16,19,21H,7,9-10H2,1-5H3/b8-6?,13-11-/t12-,14+,15?,16?,18+/m0/s1. The molecule has 0 fully saturated rings. The van der Waals surface area contributed by atoms with E-state index in [9.17, 15) is 15.0 Å². The van der Waals surface area contributed by atoms with Gasteiger partial charge in [-0.3, -0.25) is 4.79 Å². The largest absolute Gasteiger partial charge is 0.462 e. The van der Waals surface area contributed by atoms with E-state index in [4.69, 9.17) is 9.47 Å². The average molecular weight is 326 g/mol. The molecule has 1 heterocycles. The van der Waals surface area contributed by atoms with Crippen molar-refractivity contribution in [2.45, 2.75) is 70.9 Å². The van der Waals surface area contributed by atoms with Gasteiger partial charge >= 0.3 is 5.97 Å². The minimum Gasteiger partial charge on any atom is -0.462 e. The van der Waals surface area contributed by atoms with Gasteiger partial charge in [-0.1, -0.05) is 25.2 Å². The van der Waals surface area contributed by atoms with Gasteiger partial charge in [-0.2, -0.15) is 0 Å². The quantitative estimate of drug-likeness (QED) is 0.571. The third kappa shape index (κ3) is 6.85. The van der Waals surface area contributed by atoms with Crippen molar-refractivity contribution < 1.29 is 24.5 Å². The summed E-state index contributed by atoms with van der Waals surface area (Å²) >= 11 is 0. The summed E-state index contributed by atoms with van der Waals surface area (Å²) in [4.78, 5) is 11.9. The second kappa shape index (κ2) is 8.62. The second-order valence-corrected chi connectivity index (χ2v) is 6.76. The predicted octanol–water partition coefficient (Wildman–Crippen LogP) is 2.37. The monoisotopic (exact) mass is 326 g/mol. The molecular formula is C18H30O5. The van der Waals surface area contributed by atoms with Crippen molar-refractivity contribution in [3.05, 3.63) is 23.8 Å². The van der Waals surface area contributed by atoms with Crippen LogP contribution in [0.25, 0.3) is 0 Å². The number of cyclic esters (lactones) is 1. The Morgan fingerprint density at radius 1 is 1.39 bits per heavy atom. The molecule has 5 atom stereocenters. The molecule has 0 amide bonds. The van der Waals surface area contributed by atoms with Crippen LogP contribution in [-0.2, 0) is 14.3 Å². The van der Waals surface area contributed by atoms with Gasteiger partial charge in [0.05, 0.1) is 17.8 Å². The summed E-state index contributed by atoms with van der Waals surface area (Å²) in [7, 11) is 1.58. The van der Waals surface area contributed by atoms with E-state index in [0.717, 1.165) is 5.57 Å². The van der Waals surface area contributed by atoms with Crippen LogP contribution in [0.2, 0.25) is 0 Å². The second-order valence-electron chi connectivity index (χ2n) is 6.76. The molecule has 0 aliphatic carbocycles. The topological polar surface area (TPSA) is 76.0 Å². The summed E-state index contributed by atoms with van der Waals surface area (Å²) in [5, 5.41) is 20.6. The fourth-order valence-electron chi connectivity index (χ4n) is 2.57. The molecule has 132 valence electrons. The van der Waals surface area contributed by atoms with E-state index in [1.54, 1.807) is 32.3 Å². The number of ether oxygens (including phenoxy) is 2. The van der Waals surface area contributed by atoms with Crippen molar-refractivity contribution in [3.63, 3.8) is 0 Å². The van der Waals surface area contributed by atoms with E-state index < -0.39 is 11.7 Å². The highest BCUT2D eigenvalue weighted by atomic mass is 16.5. The van der Waals surface area contributed by atoms with E-state index in [-0.39, 0.29) is 36.9 Å². The highest BCUT2D eigenvalue weighted by Gasteiger charge is 2.24. The number of aliphatic hydroxyl groups is 2. The molecule has 0 aromatic carbocycles. The lowest BCUT2D eigenvalue weighted by atomic mass is 9.94. The normalized spacial score (nSPS) is 40.0. The molecule has 23 heavy (non-hydrogen) atoms. The molecule has 0 spiro atoms. The van der Waals surface area contributed by atoms with Gasteiger partial charge in [-0.05, 0) is 45.1 Å². The van der Waals surface area contributed by atoms with Crippen LogP contribution in [0.15, 0.2) is 23.8 Å². The maximum absolute atomic E-state index is 11.9. The zero-order valence-corrected chi connectivity index (χ0v) is 14.8. The van der Waals surface area contributed by atoms with Crippen molar-refractivity contribution >= 4 is 5.97 Å². The first-order chi connectivity index (χ1) is 10.6. The molecule has 5 nitrogen and oxygen atoms in total. The molecule has 0 bridgehead atoms. The molecule has 2 unspecified atom stereocenters. The molecule has 0 aromatic heterocycles. The SMILES string of the molecule is COC1C=C[C@@](C)(O)CCC(=O)O[C@H](C)[C@@H](C)CC(O)/C=C\1C. The number of rotatable bonds is 1. The number of hydrogen-bond acceptors (Lipinski definition) is 5. The van der Waals surface area contributed by atoms with Gasteiger partial charge in [0.1, 0.15) is 6.10 Å². The fraction of sp³-hybridized carbons (Fsp3) is 0.722. The van der Waals surface area contributed by atoms with Crippen LogP contribution < -0.4 is 0 Å². The van der Waals surface area contributed by atoms with Gasteiger partial charge in [0.15, 0.2) is 0 Å². The first kappa shape index (κ1) is 19.9. The van der Waals surface area contributed by atoms with Crippen LogP contribution in [0, 0.1) is 5.92 Å². The number of hydrogen-bond donors (Lipinski definition) is 2. The Bertz CT molecular complexity index is 452. The van der Waals surface area contributed by atoms with Gasteiger partial charge < -0.3 is 19.7 Å². The summed E-state index contributed by atoms with van der Waals surface area (Å²) in [6.45, 7) is 7.31. The minimum absolute atomic E-state index is 0.0259. The number of aliphatic hydroxyl groups excluding tert-OH is 1. The average Bonchev–Trinajstić information content (AvgIpc) is 2.44. The number of carbonyl (C=O) groups excluding carboxylic acids is 1. The number of carbonyl (C=O) groups is 1. The van der Waals surface area contributed by atoms with Gasteiger partial charge in [0, 0.05) is 13.5 Å². The van der Waals surface area contributed by atoms with Crippen LogP contribution >= 0.6 is 0 Å². The number of methoxy groups -OCH3 is 1. The zero-order valence-electron chi connectivity index (χ0n) is 14.8. The third-order valence-corrected chi connectivity index (χ3v) is 4.36. The van der Waals surface area contributed by atoms with Crippen LogP contribution in [0.1, 0.15) is 47.0 Å². The molecule has 2 N–H and O–H groups in total. The first-order valence-electron chi connectivity index (χ1n) is 8.15. The molecule has 5 heteroatoms.